The van der Waals surface area contributed by atoms with Crippen LogP contribution in [0.25, 0.3) is 0 Å². The summed E-state index contributed by atoms with van der Waals surface area (Å²) in [7, 11) is -3.53. The van der Waals surface area contributed by atoms with Crippen molar-refractivity contribution in [3.63, 3.8) is 0 Å². The van der Waals surface area contributed by atoms with Gasteiger partial charge in [0.1, 0.15) is 5.60 Å². The number of nitrogens with zero attached hydrogens (tertiary/aromatic N) is 3. The third kappa shape index (κ3) is 4.90. The summed E-state index contributed by atoms with van der Waals surface area (Å²) in [4.78, 5) is 21.7. The lowest BCUT2D eigenvalue weighted by atomic mass is 10.0. The van der Waals surface area contributed by atoms with E-state index in [1.807, 2.05) is 20.8 Å². The maximum atomic E-state index is 12.6. The molecule has 0 bridgehead atoms. The lowest BCUT2D eigenvalue weighted by Gasteiger charge is -2.34. The number of ether oxygens (including phenoxy) is 1. The first-order valence-electron chi connectivity index (χ1n) is 8.07. The molecule has 1 fully saturated rings. The molecule has 1 atom stereocenters. The number of sulfone groups is 1. The van der Waals surface area contributed by atoms with Crippen LogP contribution in [0.4, 0.5) is 4.79 Å². The lowest BCUT2D eigenvalue weighted by molar-refractivity contribution is 0.0176. The van der Waals surface area contributed by atoms with Crippen LogP contribution in [0.5, 0.6) is 0 Å². The minimum atomic E-state index is -3.53. The van der Waals surface area contributed by atoms with Gasteiger partial charge in [0.2, 0.25) is 0 Å². The zero-order valence-electron chi connectivity index (χ0n) is 14.7. The largest absolute Gasteiger partial charge is 0.444 e. The number of piperidine rings is 1. The quantitative estimate of drug-likeness (QED) is 0.826. The number of rotatable bonds is 3. The highest BCUT2D eigenvalue weighted by molar-refractivity contribution is 7.91. The van der Waals surface area contributed by atoms with Gasteiger partial charge in [-0.05, 0) is 46.5 Å². The molecule has 0 N–H and O–H groups in total. The van der Waals surface area contributed by atoms with Crippen LogP contribution in [0.2, 0.25) is 0 Å². The zero-order valence-corrected chi connectivity index (χ0v) is 15.5. The van der Waals surface area contributed by atoms with Crippen LogP contribution in [0.1, 0.15) is 39.3 Å². The summed E-state index contributed by atoms with van der Waals surface area (Å²) in [6, 6.07) is 0. The van der Waals surface area contributed by atoms with Crippen LogP contribution in [-0.2, 0) is 14.6 Å². The molecular weight excluding hydrogens is 330 g/mol. The molecule has 1 unspecified atom stereocenters. The topological polar surface area (TPSA) is 89.5 Å². The SMILES string of the molecule is Cc1nccnc1S(=O)(=O)CC1CCCN(C(=O)OC(C)(C)C)C1. The van der Waals surface area contributed by atoms with Crippen molar-refractivity contribution >= 4 is 15.9 Å². The van der Waals surface area contributed by atoms with Gasteiger partial charge < -0.3 is 9.64 Å². The van der Waals surface area contributed by atoms with Gasteiger partial charge in [0.05, 0.1) is 11.4 Å². The molecule has 0 aliphatic carbocycles. The molecule has 1 aromatic rings. The van der Waals surface area contributed by atoms with Crippen molar-refractivity contribution in [2.75, 3.05) is 18.8 Å². The van der Waals surface area contributed by atoms with Crippen molar-refractivity contribution in [2.45, 2.75) is 51.2 Å². The standard InChI is InChI=1S/C16H25N3O4S/c1-12-14(18-8-7-17-12)24(21,22)11-13-6-5-9-19(10-13)15(20)23-16(2,3)4/h7-8,13H,5-6,9-11H2,1-4H3. The molecule has 0 spiro atoms. The van der Waals surface area contributed by atoms with Crippen LogP contribution in [-0.4, -0.2) is 53.8 Å². The fourth-order valence-corrected chi connectivity index (χ4v) is 4.56. The van der Waals surface area contributed by atoms with E-state index in [1.165, 1.54) is 12.4 Å². The molecule has 134 valence electrons. The third-order valence-corrected chi connectivity index (χ3v) is 5.66. The van der Waals surface area contributed by atoms with Gasteiger partial charge in [-0.1, -0.05) is 0 Å². The molecule has 7 nitrogen and oxygen atoms in total. The highest BCUT2D eigenvalue weighted by atomic mass is 32.2. The van der Waals surface area contributed by atoms with E-state index < -0.39 is 15.4 Å². The summed E-state index contributed by atoms with van der Waals surface area (Å²) in [5.74, 6) is -0.163. The molecule has 8 heteroatoms. The number of amides is 1. The summed E-state index contributed by atoms with van der Waals surface area (Å²) in [6.45, 7) is 8.05. The van der Waals surface area contributed by atoms with Crippen LogP contribution >= 0.6 is 0 Å². The van der Waals surface area contributed by atoms with Crippen molar-refractivity contribution in [1.82, 2.24) is 14.9 Å². The first kappa shape index (κ1) is 18.6. The molecule has 1 aliphatic rings. The van der Waals surface area contributed by atoms with Crippen molar-refractivity contribution < 1.29 is 17.9 Å². The summed E-state index contributed by atoms with van der Waals surface area (Å²) >= 11 is 0. The molecule has 2 heterocycles. The lowest BCUT2D eigenvalue weighted by Crippen LogP contribution is -2.44. The van der Waals surface area contributed by atoms with Crippen molar-refractivity contribution in [3.05, 3.63) is 18.1 Å². The number of hydrogen-bond acceptors (Lipinski definition) is 6. The van der Waals surface area contributed by atoms with Crippen LogP contribution in [0.3, 0.4) is 0 Å². The number of aromatic nitrogens is 2. The van der Waals surface area contributed by atoms with E-state index in [1.54, 1.807) is 11.8 Å². The summed E-state index contributed by atoms with van der Waals surface area (Å²) in [5, 5.41) is 0.0272. The highest BCUT2D eigenvalue weighted by Gasteiger charge is 2.31. The fraction of sp³-hybridized carbons (Fsp3) is 0.688. The highest BCUT2D eigenvalue weighted by Crippen LogP contribution is 2.23. The minimum Gasteiger partial charge on any atom is -0.444 e. The molecular formula is C16H25N3O4S. The Morgan fingerprint density at radius 1 is 1.33 bits per heavy atom. The molecule has 24 heavy (non-hydrogen) atoms. The van der Waals surface area contributed by atoms with E-state index in [-0.39, 0.29) is 22.8 Å². The Morgan fingerprint density at radius 3 is 2.62 bits per heavy atom. The Balaban J connectivity index is 2.05. The van der Waals surface area contributed by atoms with Gasteiger partial charge in [0, 0.05) is 25.5 Å². The molecule has 2 rings (SSSR count). The normalized spacial score (nSPS) is 19.2. The Hall–Kier alpha value is -1.70. The molecule has 0 radical (unpaired) electrons. The van der Waals surface area contributed by atoms with E-state index in [4.69, 9.17) is 4.74 Å². The number of likely N-dealkylation sites (tertiary alicyclic amines) is 1. The summed E-state index contributed by atoms with van der Waals surface area (Å²) in [5.41, 5.74) is -0.162. The predicted molar refractivity (Wildman–Crippen MR) is 89.4 cm³/mol. The Labute approximate surface area is 143 Å². The average molecular weight is 355 g/mol. The molecule has 0 aromatic carbocycles. The van der Waals surface area contributed by atoms with Gasteiger partial charge in [-0.25, -0.2) is 18.2 Å². The third-order valence-electron chi connectivity index (χ3n) is 3.76. The van der Waals surface area contributed by atoms with Crippen LogP contribution in [0.15, 0.2) is 17.4 Å². The Morgan fingerprint density at radius 2 is 2.00 bits per heavy atom. The summed E-state index contributed by atoms with van der Waals surface area (Å²) < 4.78 is 30.6. The molecule has 1 saturated heterocycles. The fourth-order valence-electron chi connectivity index (χ4n) is 2.78. The minimum absolute atomic E-state index is 0.0272. The summed E-state index contributed by atoms with van der Waals surface area (Å²) in [6.07, 6.45) is 3.99. The van der Waals surface area contributed by atoms with E-state index in [9.17, 15) is 13.2 Å². The molecule has 1 aromatic heterocycles. The number of carbonyl (C=O) groups is 1. The maximum absolute atomic E-state index is 12.6. The predicted octanol–water partition coefficient (Wildman–Crippen LogP) is 2.21. The second-order valence-corrected chi connectivity index (χ2v) is 9.11. The number of aryl methyl sites for hydroxylation is 1. The molecule has 1 aliphatic heterocycles. The number of carbonyl (C=O) groups excluding carboxylic acids is 1. The molecule has 1 amide bonds. The van der Waals surface area contributed by atoms with Gasteiger partial charge in [0.25, 0.3) is 0 Å². The van der Waals surface area contributed by atoms with Crippen molar-refractivity contribution in [1.29, 1.82) is 0 Å². The Bertz CT molecular complexity index is 698. The number of hydrogen-bond donors (Lipinski definition) is 0. The van der Waals surface area contributed by atoms with Crippen LogP contribution < -0.4 is 0 Å². The molecule has 0 saturated carbocycles. The van der Waals surface area contributed by atoms with Gasteiger partial charge >= 0.3 is 6.09 Å². The van der Waals surface area contributed by atoms with E-state index in [0.717, 1.165) is 12.8 Å². The first-order valence-corrected chi connectivity index (χ1v) is 9.72. The van der Waals surface area contributed by atoms with Crippen molar-refractivity contribution in [3.8, 4) is 0 Å². The van der Waals surface area contributed by atoms with Gasteiger partial charge in [0.15, 0.2) is 14.9 Å². The van der Waals surface area contributed by atoms with Gasteiger partial charge in [-0.3, -0.25) is 4.98 Å². The van der Waals surface area contributed by atoms with Crippen LogP contribution in [0, 0.1) is 12.8 Å². The first-order chi connectivity index (χ1) is 11.1. The monoisotopic (exact) mass is 355 g/mol. The van der Waals surface area contributed by atoms with Gasteiger partial charge in [-0.2, -0.15) is 0 Å². The van der Waals surface area contributed by atoms with E-state index in [2.05, 4.69) is 9.97 Å². The Kier molecular flexibility index (Phi) is 5.47. The second kappa shape index (κ2) is 7.04. The average Bonchev–Trinajstić information content (AvgIpc) is 2.45. The van der Waals surface area contributed by atoms with E-state index >= 15 is 0 Å². The maximum Gasteiger partial charge on any atom is 0.410 e. The van der Waals surface area contributed by atoms with E-state index in [0.29, 0.717) is 18.8 Å². The smallest absolute Gasteiger partial charge is 0.410 e. The van der Waals surface area contributed by atoms with Gasteiger partial charge in [-0.15, -0.1) is 0 Å². The van der Waals surface area contributed by atoms with Crippen molar-refractivity contribution in [2.24, 2.45) is 5.92 Å². The second-order valence-electron chi connectivity index (χ2n) is 7.16. The zero-order chi connectivity index (χ0) is 18.0.